The van der Waals surface area contributed by atoms with Crippen molar-refractivity contribution in [1.82, 2.24) is 0 Å². The summed E-state index contributed by atoms with van der Waals surface area (Å²) in [5.41, 5.74) is 2.68. The first-order valence-corrected chi connectivity index (χ1v) is 12.5. The van der Waals surface area contributed by atoms with Crippen LogP contribution < -0.4 is 0 Å². The van der Waals surface area contributed by atoms with Crippen molar-refractivity contribution in [2.45, 2.75) is 91.0 Å². The Labute approximate surface area is 151 Å². The fourth-order valence-corrected chi connectivity index (χ4v) is 6.25. The summed E-state index contributed by atoms with van der Waals surface area (Å²) in [5.74, 6) is 0. The maximum atomic E-state index is 6.87. The smallest absolute Gasteiger partial charge is 0.192 e. The van der Waals surface area contributed by atoms with Crippen molar-refractivity contribution >= 4 is 14.4 Å². The Morgan fingerprint density at radius 3 is 2.12 bits per heavy atom. The van der Waals surface area contributed by atoms with Crippen LogP contribution in [0.4, 0.5) is 0 Å². The van der Waals surface area contributed by atoms with Gasteiger partial charge in [-0.05, 0) is 42.6 Å². The summed E-state index contributed by atoms with van der Waals surface area (Å²) < 4.78 is 6.87. The minimum atomic E-state index is -1.57. The van der Waals surface area contributed by atoms with E-state index in [1.54, 1.807) is 0 Å². The molecule has 136 valence electrons. The van der Waals surface area contributed by atoms with Gasteiger partial charge in [0.15, 0.2) is 8.32 Å². The first kappa shape index (κ1) is 21.2. The molecule has 1 aromatic carbocycles. The van der Waals surface area contributed by atoms with E-state index in [-0.39, 0.29) is 0 Å². The van der Waals surface area contributed by atoms with Crippen molar-refractivity contribution in [3.05, 3.63) is 41.5 Å². The van der Waals surface area contributed by atoms with Crippen LogP contribution in [0.1, 0.15) is 72.3 Å². The first-order chi connectivity index (χ1) is 11.6. The van der Waals surface area contributed by atoms with Crippen molar-refractivity contribution in [3.63, 3.8) is 0 Å². The van der Waals surface area contributed by atoms with E-state index in [9.17, 15) is 0 Å². The molecule has 1 unspecified atom stereocenters. The lowest BCUT2D eigenvalue weighted by molar-refractivity contribution is 0.207. The molecule has 0 aliphatic heterocycles. The van der Waals surface area contributed by atoms with Crippen LogP contribution in [0.3, 0.4) is 0 Å². The normalized spacial score (nSPS) is 14.0. The Hall–Kier alpha value is -0.863. The highest BCUT2D eigenvalue weighted by atomic mass is 28.4. The molecule has 1 rings (SSSR count). The van der Waals surface area contributed by atoms with Gasteiger partial charge in [-0.1, -0.05) is 89.8 Å². The summed E-state index contributed by atoms with van der Waals surface area (Å²) in [7, 11) is -1.57. The molecule has 0 fully saturated rings. The molecule has 0 saturated carbocycles. The standard InChI is InChI=1S/C22H38OSi/c1-6-10-11-15-18-22(23-24(7-2,8-3)9-4)20(5)19-21-16-13-12-14-17-21/h12-14,16-17,19,22H,6-11,15,18H2,1-5H3/b20-19+. The van der Waals surface area contributed by atoms with Crippen LogP contribution in [0.25, 0.3) is 6.08 Å². The molecule has 2 heteroatoms. The zero-order valence-electron chi connectivity index (χ0n) is 16.6. The summed E-state index contributed by atoms with van der Waals surface area (Å²) in [5, 5.41) is 0. The van der Waals surface area contributed by atoms with Gasteiger partial charge in [0.25, 0.3) is 0 Å². The summed E-state index contributed by atoms with van der Waals surface area (Å²) in [6.45, 7) is 11.5. The zero-order valence-corrected chi connectivity index (χ0v) is 17.6. The maximum absolute atomic E-state index is 6.87. The molecule has 0 heterocycles. The lowest BCUT2D eigenvalue weighted by atomic mass is 10.0. The van der Waals surface area contributed by atoms with Gasteiger partial charge in [0.2, 0.25) is 0 Å². The van der Waals surface area contributed by atoms with Crippen molar-refractivity contribution < 1.29 is 4.43 Å². The quantitative estimate of drug-likeness (QED) is 0.282. The predicted octanol–water partition coefficient (Wildman–Crippen LogP) is 7.45. The van der Waals surface area contributed by atoms with Gasteiger partial charge in [0.1, 0.15) is 0 Å². The minimum Gasteiger partial charge on any atom is -0.410 e. The van der Waals surface area contributed by atoms with Gasteiger partial charge in [-0.15, -0.1) is 0 Å². The molecule has 0 saturated heterocycles. The van der Waals surface area contributed by atoms with Gasteiger partial charge in [-0.3, -0.25) is 0 Å². The predicted molar refractivity (Wildman–Crippen MR) is 111 cm³/mol. The molecule has 0 amide bonds. The maximum Gasteiger partial charge on any atom is 0.192 e. The van der Waals surface area contributed by atoms with E-state index in [1.165, 1.54) is 61.4 Å². The van der Waals surface area contributed by atoms with Crippen LogP contribution in [0, 0.1) is 0 Å². The zero-order chi connectivity index (χ0) is 17.8. The summed E-state index contributed by atoms with van der Waals surface area (Å²) in [4.78, 5) is 0. The third-order valence-corrected chi connectivity index (χ3v) is 10.00. The van der Waals surface area contributed by atoms with Gasteiger partial charge in [0, 0.05) is 0 Å². The lowest BCUT2D eigenvalue weighted by Crippen LogP contribution is -2.40. The minimum absolute atomic E-state index is 0.300. The SMILES string of the molecule is CCCCCCC(O[Si](CC)(CC)CC)/C(C)=C/c1ccccc1. The van der Waals surface area contributed by atoms with E-state index in [0.717, 1.165) is 0 Å². The fourth-order valence-electron chi connectivity index (χ4n) is 3.34. The van der Waals surface area contributed by atoms with Gasteiger partial charge in [-0.25, -0.2) is 0 Å². The number of rotatable bonds is 12. The molecular formula is C22H38OSi. The molecule has 1 nitrogen and oxygen atoms in total. The Morgan fingerprint density at radius 2 is 1.58 bits per heavy atom. The number of hydrogen-bond donors (Lipinski definition) is 0. The van der Waals surface area contributed by atoms with Crippen LogP contribution >= 0.6 is 0 Å². The van der Waals surface area contributed by atoms with Crippen molar-refractivity contribution in [1.29, 1.82) is 0 Å². The topological polar surface area (TPSA) is 9.23 Å². The summed E-state index contributed by atoms with van der Waals surface area (Å²) in [6, 6.07) is 14.3. The third-order valence-electron chi connectivity index (χ3n) is 5.35. The van der Waals surface area contributed by atoms with Crippen LogP contribution in [0.15, 0.2) is 35.9 Å². The molecule has 0 N–H and O–H groups in total. The van der Waals surface area contributed by atoms with E-state index >= 15 is 0 Å². The average molecular weight is 347 g/mol. The Bertz CT molecular complexity index is 454. The largest absolute Gasteiger partial charge is 0.410 e. The molecule has 0 radical (unpaired) electrons. The number of unbranched alkanes of at least 4 members (excludes halogenated alkanes) is 3. The molecule has 0 aromatic heterocycles. The van der Waals surface area contributed by atoms with Crippen molar-refractivity contribution in [2.24, 2.45) is 0 Å². The number of hydrogen-bond acceptors (Lipinski definition) is 1. The molecule has 0 aliphatic carbocycles. The Kier molecular flexibility index (Phi) is 10.3. The Balaban J connectivity index is 2.88. The van der Waals surface area contributed by atoms with Gasteiger partial charge >= 0.3 is 0 Å². The van der Waals surface area contributed by atoms with Gasteiger partial charge in [0.05, 0.1) is 6.10 Å². The van der Waals surface area contributed by atoms with Crippen LogP contribution in [-0.2, 0) is 4.43 Å². The van der Waals surface area contributed by atoms with E-state index < -0.39 is 8.32 Å². The lowest BCUT2D eigenvalue weighted by Gasteiger charge is -2.34. The van der Waals surface area contributed by atoms with Crippen molar-refractivity contribution in [3.8, 4) is 0 Å². The summed E-state index contributed by atoms with van der Waals surface area (Å²) in [6.07, 6.45) is 9.03. The highest BCUT2D eigenvalue weighted by Crippen LogP contribution is 2.28. The second kappa shape index (κ2) is 11.6. The fraction of sp³-hybridized carbons (Fsp3) is 0.636. The van der Waals surface area contributed by atoms with Gasteiger partial charge < -0.3 is 4.43 Å². The number of benzene rings is 1. The molecule has 0 spiro atoms. The van der Waals surface area contributed by atoms with E-state index in [0.29, 0.717) is 6.10 Å². The molecule has 0 bridgehead atoms. The molecular weight excluding hydrogens is 308 g/mol. The molecule has 0 aliphatic rings. The second-order valence-electron chi connectivity index (χ2n) is 7.00. The van der Waals surface area contributed by atoms with E-state index in [4.69, 9.17) is 4.43 Å². The highest BCUT2D eigenvalue weighted by molar-refractivity contribution is 6.73. The van der Waals surface area contributed by atoms with E-state index in [2.05, 4.69) is 71.0 Å². The molecule has 24 heavy (non-hydrogen) atoms. The molecule has 1 aromatic rings. The summed E-state index contributed by atoms with van der Waals surface area (Å²) >= 11 is 0. The van der Waals surface area contributed by atoms with Gasteiger partial charge in [-0.2, -0.15) is 0 Å². The van der Waals surface area contributed by atoms with E-state index in [1.807, 2.05) is 0 Å². The van der Waals surface area contributed by atoms with Crippen LogP contribution in [-0.4, -0.2) is 14.4 Å². The van der Waals surface area contributed by atoms with Crippen molar-refractivity contribution in [2.75, 3.05) is 0 Å². The second-order valence-corrected chi connectivity index (χ2v) is 11.7. The average Bonchev–Trinajstić information content (AvgIpc) is 2.62. The Morgan fingerprint density at radius 1 is 0.958 bits per heavy atom. The van der Waals surface area contributed by atoms with Crippen LogP contribution in [0.2, 0.25) is 18.1 Å². The monoisotopic (exact) mass is 346 g/mol. The third kappa shape index (κ3) is 6.94. The highest BCUT2D eigenvalue weighted by Gasteiger charge is 2.32. The van der Waals surface area contributed by atoms with Crippen LogP contribution in [0.5, 0.6) is 0 Å². The molecule has 1 atom stereocenters. The first-order valence-electron chi connectivity index (χ1n) is 10.0.